The van der Waals surface area contributed by atoms with E-state index in [1.807, 2.05) is 0 Å². The molecule has 1 saturated carbocycles. The number of hydrogen-bond donors (Lipinski definition) is 1. The molecule has 10 heavy (non-hydrogen) atoms. The largest absolute Gasteiger partial charge is 0.314 e. The van der Waals surface area contributed by atoms with Gasteiger partial charge in [-0.1, -0.05) is 20.3 Å². The Hall–Kier alpha value is -0.0400. The monoisotopic (exact) mass is 141 g/mol. The van der Waals surface area contributed by atoms with Gasteiger partial charge in [-0.15, -0.1) is 0 Å². The summed E-state index contributed by atoms with van der Waals surface area (Å²) in [6, 6.07) is 0.744. The van der Waals surface area contributed by atoms with E-state index in [0.717, 1.165) is 24.4 Å². The average molecular weight is 141 g/mol. The highest BCUT2D eigenvalue weighted by Gasteiger charge is 2.30. The van der Waals surface area contributed by atoms with E-state index in [0.29, 0.717) is 0 Å². The first-order chi connectivity index (χ1) is 4.75. The number of hydrogen-bond acceptors (Lipinski definition) is 1. The first-order valence-corrected chi connectivity index (χ1v) is 4.49. The van der Waals surface area contributed by atoms with Gasteiger partial charge in [-0.2, -0.15) is 0 Å². The fraction of sp³-hybridized carbons (Fsp3) is 1.00. The highest BCUT2D eigenvalue weighted by Crippen LogP contribution is 2.35. The molecule has 1 rings (SSSR count). The summed E-state index contributed by atoms with van der Waals surface area (Å²) in [6.07, 6.45) is 2.88. The van der Waals surface area contributed by atoms with E-state index in [1.54, 1.807) is 0 Å². The molecule has 1 N–H and O–H groups in total. The highest BCUT2D eigenvalue weighted by molar-refractivity contribution is 4.84. The van der Waals surface area contributed by atoms with Crippen LogP contribution in [0.1, 0.15) is 33.6 Å². The number of nitrogens with one attached hydrogen (secondary N) is 1. The SMILES string of the molecule is CCN[C@H](C)[C@H]1CC[C@H]1C. The summed E-state index contributed by atoms with van der Waals surface area (Å²) in [7, 11) is 0. The second-order valence-electron chi connectivity index (χ2n) is 3.56. The molecule has 0 radical (unpaired) electrons. The average Bonchev–Trinajstić information content (AvgIpc) is 1.85. The second-order valence-corrected chi connectivity index (χ2v) is 3.56. The molecule has 0 saturated heterocycles. The molecule has 1 aliphatic rings. The molecule has 1 aliphatic carbocycles. The first-order valence-electron chi connectivity index (χ1n) is 4.49. The predicted molar refractivity (Wildman–Crippen MR) is 45.0 cm³/mol. The second kappa shape index (κ2) is 3.38. The minimum atomic E-state index is 0.744. The van der Waals surface area contributed by atoms with E-state index in [2.05, 4.69) is 26.1 Å². The van der Waals surface area contributed by atoms with E-state index < -0.39 is 0 Å². The van der Waals surface area contributed by atoms with Gasteiger partial charge >= 0.3 is 0 Å². The van der Waals surface area contributed by atoms with Crippen LogP contribution < -0.4 is 5.32 Å². The van der Waals surface area contributed by atoms with Crippen LogP contribution in [0.2, 0.25) is 0 Å². The van der Waals surface area contributed by atoms with Gasteiger partial charge in [0.1, 0.15) is 0 Å². The lowest BCUT2D eigenvalue weighted by atomic mass is 9.71. The van der Waals surface area contributed by atoms with Crippen LogP contribution in [-0.2, 0) is 0 Å². The van der Waals surface area contributed by atoms with E-state index in [4.69, 9.17) is 0 Å². The van der Waals surface area contributed by atoms with Gasteiger partial charge < -0.3 is 5.32 Å². The van der Waals surface area contributed by atoms with Crippen LogP contribution in [-0.4, -0.2) is 12.6 Å². The zero-order valence-corrected chi connectivity index (χ0v) is 7.35. The summed E-state index contributed by atoms with van der Waals surface area (Å²) in [5.74, 6) is 1.92. The van der Waals surface area contributed by atoms with Crippen molar-refractivity contribution in [1.29, 1.82) is 0 Å². The van der Waals surface area contributed by atoms with Crippen molar-refractivity contribution < 1.29 is 0 Å². The van der Waals surface area contributed by atoms with E-state index in [9.17, 15) is 0 Å². The van der Waals surface area contributed by atoms with Crippen molar-refractivity contribution in [2.24, 2.45) is 11.8 Å². The van der Waals surface area contributed by atoms with Crippen molar-refractivity contribution in [2.45, 2.75) is 39.7 Å². The summed E-state index contributed by atoms with van der Waals surface area (Å²) in [4.78, 5) is 0. The van der Waals surface area contributed by atoms with Crippen molar-refractivity contribution >= 4 is 0 Å². The lowest BCUT2D eigenvalue weighted by Crippen LogP contribution is -2.41. The Morgan fingerprint density at radius 2 is 2.20 bits per heavy atom. The van der Waals surface area contributed by atoms with Crippen LogP contribution in [0.4, 0.5) is 0 Å². The molecule has 3 atom stereocenters. The standard InChI is InChI=1S/C9H19N/c1-4-10-8(3)9-6-5-7(9)2/h7-10H,4-6H2,1-3H3/t7-,8-,9+/m1/s1. The molecular weight excluding hydrogens is 122 g/mol. The Kier molecular flexibility index (Phi) is 2.72. The maximum atomic E-state index is 3.48. The van der Waals surface area contributed by atoms with Gasteiger partial charge in [0, 0.05) is 6.04 Å². The van der Waals surface area contributed by atoms with Crippen LogP contribution in [0.25, 0.3) is 0 Å². The molecule has 0 heterocycles. The molecular formula is C9H19N. The third-order valence-electron chi connectivity index (χ3n) is 2.85. The minimum Gasteiger partial charge on any atom is -0.314 e. The van der Waals surface area contributed by atoms with Crippen molar-refractivity contribution in [2.75, 3.05) is 6.54 Å². The fourth-order valence-electron chi connectivity index (χ4n) is 1.91. The lowest BCUT2D eigenvalue weighted by Gasteiger charge is -2.38. The van der Waals surface area contributed by atoms with Crippen LogP contribution in [0.5, 0.6) is 0 Å². The van der Waals surface area contributed by atoms with Crippen LogP contribution in [0, 0.1) is 11.8 Å². The van der Waals surface area contributed by atoms with Gasteiger partial charge in [-0.25, -0.2) is 0 Å². The molecule has 1 nitrogen and oxygen atoms in total. The van der Waals surface area contributed by atoms with Gasteiger partial charge in [0.2, 0.25) is 0 Å². The van der Waals surface area contributed by atoms with E-state index >= 15 is 0 Å². The zero-order valence-electron chi connectivity index (χ0n) is 7.35. The van der Waals surface area contributed by atoms with Gasteiger partial charge in [0.15, 0.2) is 0 Å². The Bertz CT molecular complexity index is 101. The lowest BCUT2D eigenvalue weighted by molar-refractivity contribution is 0.149. The fourth-order valence-corrected chi connectivity index (χ4v) is 1.91. The highest BCUT2D eigenvalue weighted by atomic mass is 14.9. The van der Waals surface area contributed by atoms with Gasteiger partial charge in [0.25, 0.3) is 0 Å². The van der Waals surface area contributed by atoms with Crippen molar-refractivity contribution in [3.8, 4) is 0 Å². The topological polar surface area (TPSA) is 12.0 Å². The molecule has 1 fully saturated rings. The molecule has 0 amide bonds. The third kappa shape index (κ3) is 1.51. The molecule has 0 bridgehead atoms. The first kappa shape index (κ1) is 8.06. The molecule has 0 spiro atoms. The molecule has 0 aliphatic heterocycles. The minimum absolute atomic E-state index is 0.744. The zero-order chi connectivity index (χ0) is 7.56. The Morgan fingerprint density at radius 1 is 1.50 bits per heavy atom. The van der Waals surface area contributed by atoms with E-state index in [1.165, 1.54) is 12.8 Å². The van der Waals surface area contributed by atoms with Gasteiger partial charge in [-0.3, -0.25) is 0 Å². The molecule has 0 unspecified atom stereocenters. The quantitative estimate of drug-likeness (QED) is 0.634. The maximum Gasteiger partial charge on any atom is 0.00694 e. The van der Waals surface area contributed by atoms with Gasteiger partial charge in [0.05, 0.1) is 0 Å². The summed E-state index contributed by atoms with van der Waals surface area (Å²) in [5.41, 5.74) is 0. The summed E-state index contributed by atoms with van der Waals surface area (Å²) < 4.78 is 0. The molecule has 0 aromatic rings. The summed E-state index contributed by atoms with van der Waals surface area (Å²) >= 11 is 0. The Labute approximate surface area is 64.2 Å². The molecule has 0 aromatic heterocycles. The summed E-state index contributed by atoms with van der Waals surface area (Å²) in [6.45, 7) is 7.97. The van der Waals surface area contributed by atoms with Crippen molar-refractivity contribution in [3.63, 3.8) is 0 Å². The third-order valence-corrected chi connectivity index (χ3v) is 2.85. The molecule has 1 heteroatoms. The molecule has 0 aromatic carbocycles. The van der Waals surface area contributed by atoms with Gasteiger partial charge in [-0.05, 0) is 31.7 Å². The predicted octanol–water partition coefficient (Wildman–Crippen LogP) is 2.03. The van der Waals surface area contributed by atoms with Crippen molar-refractivity contribution in [3.05, 3.63) is 0 Å². The van der Waals surface area contributed by atoms with E-state index in [-0.39, 0.29) is 0 Å². The van der Waals surface area contributed by atoms with Crippen LogP contribution >= 0.6 is 0 Å². The van der Waals surface area contributed by atoms with Crippen molar-refractivity contribution in [1.82, 2.24) is 5.32 Å². The number of rotatable bonds is 3. The van der Waals surface area contributed by atoms with Crippen LogP contribution in [0.15, 0.2) is 0 Å². The maximum absolute atomic E-state index is 3.48. The molecule has 60 valence electrons. The van der Waals surface area contributed by atoms with Crippen LogP contribution in [0.3, 0.4) is 0 Å². The Morgan fingerprint density at radius 3 is 2.50 bits per heavy atom. The normalized spacial score (nSPS) is 35.1. The smallest absolute Gasteiger partial charge is 0.00694 e. The summed E-state index contributed by atoms with van der Waals surface area (Å²) in [5, 5.41) is 3.48. The Balaban J connectivity index is 2.20.